The van der Waals surface area contributed by atoms with Crippen molar-refractivity contribution >= 4 is 33.8 Å². The number of rotatable bonds is 10. The molecule has 0 aliphatic rings. The van der Waals surface area contributed by atoms with Gasteiger partial charge >= 0.3 is 6.09 Å². The number of aromatic amines is 2. The third-order valence-electron chi connectivity index (χ3n) is 6.54. The van der Waals surface area contributed by atoms with E-state index in [0.29, 0.717) is 25.8 Å². The van der Waals surface area contributed by atoms with Gasteiger partial charge in [-0.15, -0.1) is 0 Å². The van der Waals surface area contributed by atoms with Gasteiger partial charge in [0, 0.05) is 53.6 Å². The van der Waals surface area contributed by atoms with Crippen LogP contribution < -0.4 is 10.6 Å². The molecule has 0 aliphatic heterocycles. The Hall–Kier alpha value is -4.52. The standard InChI is InChI=1S/C30H30N4O3/c35-29(31-16-14-21-8-2-1-3-9-21)28(18-23-20-33-27-13-7-5-11-25(23)27)34-30(36)37-17-15-22-19-32-26-12-6-4-10-24(22)26/h1-13,19-20,28,32-33H,14-18H2,(H,31,35)(H,34,36)/t28-/m0/s1. The Morgan fingerprint density at radius 1 is 0.757 bits per heavy atom. The summed E-state index contributed by atoms with van der Waals surface area (Å²) in [5.74, 6) is -0.241. The van der Waals surface area contributed by atoms with Gasteiger partial charge in [0.15, 0.2) is 0 Å². The van der Waals surface area contributed by atoms with Gasteiger partial charge in [-0.3, -0.25) is 4.79 Å². The number of carbonyl (C=O) groups is 2. The molecule has 37 heavy (non-hydrogen) atoms. The fourth-order valence-corrected chi connectivity index (χ4v) is 4.60. The van der Waals surface area contributed by atoms with E-state index in [9.17, 15) is 9.59 Å². The zero-order chi connectivity index (χ0) is 25.5. The molecule has 4 N–H and O–H groups in total. The molecule has 0 fully saturated rings. The Labute approximate surface area is 215 Å². The molecule has 5 aromatic rings. The highest BCUT2D eigenvalue weighted by molar-refractivity contribution is 5.88. The molecule has 0 unspecified atom stereocenters. The summed E-state index contributed by atoms with van der Waals surface area (Å²) >= 11 is 0. The molecule has 188 valence electrons. The monoisotopic (exact) mass is 494 g/mol. The van der Waals surface area contributed by atoms with E-state index in [1.807, 2.05) is 91.3 Å². The molecule has 7 heteroatoms. The molecule has 0 saturated heterocycles. The molecular weight excluding hydrogens is 464 g/mol. The average Bonchev–Trinajstić information content (AvgIpc) is 3.53. The lowest BCUT2D eigenvalue weighted by Gasteiger charge is -2.18. The summed E-state index contributed by atoms with van der Waals surface area (Å²) in [6.07, 6.45) is 4.85. The third-order valence-corrected chi connectivity index (χ3v) is 6.54. The van der Waals surface area contributed by atoms with Crippen molar-refractivity contribution < 1.29 is 14.3 Å². The predicted molar refractivity (Wildman–Crippen MR) is 145 cm³/mol. The van der Waals surface area contributed by atoms with Crippen LogP contribution in [0.15, 0.2) is 91.3 Å². The maximum Gasteiger partial charge on any atom is 0.407 e. The van der Waals surface area contributed by atoms with Crippen molar-refractivity contribution in [1.29, 1.82) is 0 Å². The van der Waals surface area contributed by atoms with Crippen molar-refractivity contribution in [3.05, 3.63) is 108 Å². The molecule has 2 heterocycles. The summed E-state index contributed by atoms with van der Waals surface area (Å²) in [7, 11) is 0. The summed E-state index contributed by atoms with van der Waals surface area (Å²) in [5.41, 5.74) is 5.21. The quantitative estimate of drug-likeness (QED) is 0.223. The summed E-state index contributed by atoms with van der Waals surface area (Å²) in [5, 5.41) is 7.90. The second-order valence-electron chi connectivity index (χ2n) is 9.03. The highest BCUT2D eigenvalue weighted by Crippen LogP contribution is 2.20. The Kier molecular flexibility index (Phi) is 7.50. The first kappa shape index (κ1) is 24.2. The minimum Gasteiger partial charge on any atom is -0.449 e. The van der Waals surface area contributed by atoms with Gasteiger partial charge in [-0.2, -0.15) is 0 Å². The molecule has 1 atom stereocenters. The number of H-pyrrole nitrogens is 2. The van der Waals surface area contributed by atoms with E-state index in [-0.39, 0.29) is 12.5 Å². The van der Waals surface area contributed by atoms with E-state index in [1.165, 1.54) is 0 Å². The van der Waals surface area contributed by atoms with Gasteiger partial charge in [-0.1, -0.05) is 66.7 Å². The van der Waals surface area contributed by atoms with Crippen molar-refractivity contribution in [2.75, 3.05) is 13.2 Å². The number of fused-ring (bicyclic) bond motifs is 2. The van der Waals surface area contributed by atoms with Gasteiger partial charge in [0.25, 0.3) is 0 Å². The summed E-state index contributed by atoms with van der Waals surface area (Å²) in [4.78, 5) is 32.3. The van der Waals surface area contributed by atoms with Crippen LogP contribution in [-0.2, 0) is 28.8 Å². The second-order valence-corrected chi connectivity index (χ2v) is 9.03. The van der Waals surface area contributed by atoms with Crippen molar-refractivity contribution in [3.63, 3.8) is 0 Å². The van der Waals surface area contributed by atoms with Crippen LogP contribution >= 0.6 is 0 Å². The first-order valence-corrected chi connectivity index (χ1v) is 12.5. The molecule has 2 amide bonds. The van der Waals surface area contributed by atoms with Crippen LogP contribution in [0, 0.1) is 0 Å². The van der Waals surface area contributed by atoms with E-state index >= 15 is 0 Å². The number of benzene rings is 3. The Morgan fingerprint density at radius 3 is 2.11 bits per heavy atom. The Bertz CT molecular complexity index is 1490. The maximum atomic E-state index is 13.1. The van der Waals surface area contributed by atoms with Gasteiger partial charge < -0.3 is 25.3 Å². The van der Waals surface area contributed by atoms with E-state index in [0.717, 1.165) is 38.5 Å². The molecule has 0 aliphatic carbocycles. The zero-order valence-corrected chi connectivity index (χ0v) is 20.5. The van der Waals surface area contributed by atoms with Crippen LogP contribution in [-0.4, -0.2) is 41.2 Å². The number of nitrogens with one attached hydrogen (secondary N) is 4. The lowest BCUT2D eigenvalue weighted by atomic mass is 10.0. The number of para-hydroxylation sites is 2. The lowest BCUT2D eigenvalue weighted by Crippen LogP contribution is -2.48. The van der Waals surface area contributed by atoms with E-state index < -0.39 is 12.1 Å². The molecule has 2 aromatic heterocycles. The van der Waals surface area contributed by atoms with Gasteiger partial charge in [0.2, 0.25) is 5.91 Å². The number of carbonyl (C=O) groups excluding carboxylic acids is 2. The zero-order valence-electron chi connectivity index (χ0n) is 20.5. The normalized spacial score (nSPS) is 11.9. The second kappa shape index (κ2) is 11.5. The minimum absolute atomic E-state index is 0.211. The average molecular weight is 495 g/mol. The fraction of sp³-hybridized carbons (Fsp3) is 0.200. The number of hydrogen-bond acceptors (Lipinski definition) is 3. The molecule has 3 aromatic carbocycles. The van der Waals surface area contributed by atoms with Crippen LogP contribution in [0.4, 0.5) is 4.79 Å². The molecule has 7 nitrogen and oxygen atoms in total. The van der Waals surface area contributed by atoms with Crippen molar-refractivity contribution in [1.82, 2.24) is 20.6 Å². The minimum atomic E-state index is -0.768. The van der Waals surface area contributed by atoms with Crippen LogP contribution in [0.1, 0.15) is 16.7 Å². The van der Waals surface area contributed by atoms with E-state index in [4.69, 9.17) is 4.74 Å². The molecular formula is C30H30N4O3. The van der Waals surface area contributed by atoms with Crippen molar-refractivity contribution in [3.8, 4) is 0 Å². The first-order valence-electron chi connectivity index (χ1n) is 12.5. The highest BCUT2D eigenvalue weighted by Gasteiger charge is 2.23. The van der Waals surface area contributed by atoms with E-state index in [1.54, 1.807) is 0 Å². The summed E-state index contributed by atoms with van der Waals surface area (Å²) < 4.78 is 5.47. The fourth-order valence-electron chi connectivity index (χ4n) is 4.60. The maximum absolute atomic E-state index is 13.1. The number of hydrogen-bond donors (Lipinski definition) is 4. The topological polar surface area (TPSA) is 99.0 Å². The van der Waals surface area contributed by atoms with Gasteiger partial charge in [-0.25, -0.2) is 4.79 Å². The number of ether oxygens (including phenoxy) is 1. The SMILES string of the molecule is O=C(N[C@@H](Cc1c[nH]c2ccccc12)C(=O)NCCc1ccccc1)OCCc1c[nH]c2ccccc12. The summed E-state index contributed by atoms with van der Waals surface area (Å²) in [6.45, 7) is 0.688. The van der Waals surface area contributed by atoms with Gasteiger partial charge in [-0.05, 0) is 35.2 Å². The smallest absolute Gasteiger partial charge is 0.407 e. The predicted octanol–water partition coefficient (Wildman–Crippen LogP) is 4.89. The van der Waals surface area contributed by atoms with Crippen molar-refractivity contribution in [2.24, 2.45) is 0 Å². The molecule has 5 rings (SSSR count). The Morgan fingerprint density at radius 2 is 1.38 bits per heavy atom. The van der Waals surface area contributed by atoms with Crippen LogP contribution in [0.5, 0.6) is 0 Å². The summed E-state index contributed by atoms with van der Waals surface area (Å²) in [6, 6.07) is 25.1. The van der Waals surface area contributed by atoms with Crippen LogP contribution in [0.25, 0.3) is 21.8 Å². The molecule has 0 radical (unpaired) electrons. The molecule has 0 bridgehead atoms. The largest absolute Gasteiger partial charge is 0.449 e. The third kappa shape index (κ3) is 6.01. The van der Waals surface area contributed by atoms with Crippen LogP contribution in [0.3, 0.4) is 0 Å². The Balaban J connectivity index is 1.21. The van der Waals surface area contributed by atoms with Crippen LogP contribution in [0.2, 0.25) is 0 Å². The highest BCUT2D eigenvalue weighted by atomic mass is 16.5. The van der Waals surface area contributed by atoms with E-state index in [2.05, 4.69) is 20.6 Å². The van der Waals surface area contributed by atoms with Gasteiger partial charge in [0.1, 0.15) is 6.04 Å². The molecule has 0 saturated carbocycles. The molecule has 0 spiro atoms. The number of aromatic nitrogens is 2. The van der Waals surface area contributed by atoms with Crippen molar-refractivity contribution in [2.45, 2.75) is 25.3 Å². The lowest BCUT2D eigenvalue weighted by molar-refractivity contribution is -0.123. The van der Waals surface area contributed by atoms with Gasteiger partial charge in [0.05, 0.1) is 6.61 Å². The first-order chi connectivity index (χ1) is 18.2. The number of alkyl carbamates (subject to hydrolysis) is 1. The number of amides is 2.